The minimum atomic E-state index is -0.502. The number of aryl methyl sites for hydroxylation is 2. The highest BCUT2D eigenvalue weighted by Gasteiger charge is 2.14. The van der Waals surface area contributed by atoms with Crippen molar-refractivity contribution in [2.45, 2.75) is 25.4 Å². The maximum atomic E-state index is 10.1. The van der Waals surface area contributed by atoms with E-state index in [1.807, 2.05) is 20.2 Å². The lowest BCUT2D eigenvalue weighted by Gasteiger charge is -2.14. The third-order valence-corrected chi connectivity index (χ3v) is 3.47. The van der Waals surface area contributed by atoms with Gasteiger partial charge in [-0.3, -0.25) is 0 Å². The third kappa shape index (κ3) is 3.55. The molecule has 0 spiro atoms. The van der Waals surface area contributed by atoms with E-state index in [-0.39, 0.29) is 0 Å². The minimum Gasteiger partial charge on any atom is -0.386 e. The van der Waals surface area contributed by atoms with E-state index >= 15 is 0 Å². The predicted molar refractivity (Wildman–Crippen MR) is 72.8 cm³/mol. The molecule has 0 bridgehead atoms. The zero-order valence-corrected chi connectivity index (χ0v) is 11.4. The highest BCUT2D eigenvalue weighted by atomic mass is 16.5. The SMILES string of the molecule is CN(C)CCOCC(O)c1ccc2c(c1)CCC2. The molecule has 0 aliphatic heterocycles. The van der Waals surface area contributed by atoms with Crippen molar-refractivity contribution in [1.82, 2.24) is 4.90 Å². The van der Waals surface area contributed by atoms with Gasteiger partial charge in [-0.25, -0.2) is 0 Å². The normalized spacial score (nSPS) is 16.0. The summed E-state index contributed by atoms with van der Waals surface area (Å²) in [5, 5.41) is 10.1. The highest BCUT2D eigenvalue weighted by molar-refractivity contribution is 5.36. The Morgan fingerprint density at radius 2 is 2.06 bits per heavy atom. The van der Waals surface area contributed by atoms with Gasteiger partial charge in [-0.1, -0.05) is 18.2 Å². The van der Waals surface area contributed by atoms with E-state index in [9.17, 15) is 5.11 Å². The van der Waals surface area contributed by atoms with Crippen molar-refractivity contribution < 1.29 is 9.84 Å². The van der Waals surface area contributed by atoms with E-state index < -0.39 is 6.10 Å². The van der Waals surface area contributed by atoms with Gasteiger partial charge in [0, 0.05) is 6.54 Å². The third-order valence-electron chi connectivity index (χ3n) is 3.47. The Bertz CT molecular complexity index is 390. The first kappa shape index (κ1) is 13.5. The summed E-state index contributed by atoms with van der Waals surface area (Å²) < 4.78 is 5.49. The van der Waals surface area contributed by atoms with E-state index in [0.717, 1.165) is 18.5 Å². The predicted octanol–water partition coefficient (Wildman–Crippen LogP) is 1.79. The van der Waals surface area contributed by atoms with Crippen molar-refractivity contribution in [2.24, 2.45) is 0 Å². The number of rotatable bonds is 6. The van der Waals surface area contributed by atoms with Crippen LogP contribution in [-0.4, -0.2) is 43.9 Å². The fourth-order valence-electron chi connectivity index (χ4n) is 2.34. The molecular weight excluding hydrogens is 226 g/mol. The summed E-state index contributed by atoms with van der Waals surface area (Å²) in [6.45, 7) is 1.93. The Kier molecular flexibility index (Phi) is 4.75. The van der Waals surface area contributed by atoms with E-state index in [2.05, 4.69) is 17.0 Å². The molecular formula is C15H23NO2. The Morgan fingerprint density at radius 1 is 1.28 bits per heavy atom. The number of aliphatic hydroxyl groups is 1. The van der Waals surface area contributed by atoms with Crippen LogP contribution in [0.4, 0.5) is 0 Å². The number of benzene rings is 1. The summed E-state index contributed by atoms with van der Waals surface area (Å²) in [7, 11) is 4.03. The molecule has 18 heavy (non-hydrogen) atoms. The van der Waals surface area contributed by atoms with Gasteiger partial charge in [-0.2, -0.15) is 0 Å². The fraction of sp³-hybridized carbons (Fsp3) is 0.600. The molecule has 0 saturated carbocycles. The minimum absolute atomic E-state index is 0.382. The van der Waals surface area contributed by atoms with Gasteiger partial charge in [0.05, 0.1) is 13.2 Å². The van der Waals surface area contributed by atoms with Gasteiger partial charge in [0.2, 0.25) is 0 Å². The summed E-state index contributed by atoms with van der Waals surface area (Å²) in [6, 6.07) is 6.33. The van der Waals surface area contributed by atoms with Gasteiger partial charge >= 0.3 is 0 Å². The molecule has 1 aliphatic carbocycles. The van der Waals surface area contributed by atoms with Crippen LogP contribution in [0.3, 0.4) is 0 Å². The molecule has 3 nitrogen and oxygen atoms in total. The number of hydrogen-bond donors (Lipinski definition) is 1. The van der Waals surface area contributed by atoms with Crippen molar-refractivity contribution in [1.29, 1.82) is 0 Å². The lowest BCUT2D eigenvalue weighted by molar-refractivity contribution is 0.0306. The quantitative estimate of drug-likeness (QED) is 0.780. The molecule has 1 atom stereocenters. The summed E-state index contributed by atoms with van der Waals surface area (Å²) in [4.78, 5) is 2.07. The van der Waals surface area contributed by atoms with Gasteiger partial charge in [0.15, 0.2) is 0 Å². The molecule has 0 saturated heterocycles. The largest absolute Gasteiger partial charge is 0.386 e. The molecule has 1 unspecified atom stereocenters. The van der Waals surface area contributed by atoms with Crippen LogP contribution in [-0.2, 0) is 17.6 Å². The molecule has 100 valence electrons. The number of fused-ring (bicyclic) bond motifs is 1. The van der Waals surface area contributed by atoms with Crippen molar-refractivity contribution in [3.63, 3.8) is 0 Å². The zero-order valence-electron chi connectivity index (χ0n) is 11.4. The number of likely N-dealkylation sites (N-methyl/N-ethyl adjacent to an activating group) is 1. The molecule has 1 aromatic carbocycles. The van der Waals surface area contributed by atoms with E-state index in [1.165, 1.54) is 24.0 Å². The summed E-state index contributed by atoms with van der Waals surface area (Å²) in [6.07, 6.45) is 3.08. The number of ether oxygens (including phenoxy) is 1. The molecule has 0 amide bonds. The Balaban J connectivity index is 1.83. The lowest BCUT2D eigenvalue weighted by atomic mass is 10.0. The Morgan fingerprint density at radius 3 is 2.83 bits per heavy atom. The molecule has 0 aromatic heterocycles. The maximum absolute atomic E-state index is 10.1. The monoisotopic (exact) mass is 249 g/mol. The number of nitrogens with zero attached hydrogens (tertiary/aromatic N) is 1. The smallest absolute Gasteiger partial charge is 0.102 e. The summed E-state index contributed by atoms with van der Waals surface area (Å²) in [5.41, 5.74) is 3.83. The number of aliphatic hydroxyl groups excluding tert-OH is 1. The Hall–Kier alpha value is -0.900. The molecule has 1 aromatic rings. The van der Waals surface area contributed by atoms with Crippen LogP contribution in [0.2, 0.25) is 0 Å². The van der Waals surface area contributed by atoms with Crippen LogP contribution in [0, 0.1) is 0 Å². The van der Waals surface area contributed by atoms with Gasteiger partial charge in [0.25, 0.3) is 0 Å². The van der Waals surface area contributed by atoms with Crippen LogP contribution >= 0.6 is 0 Å². The first-order valence-electron chi connectivity index (χ1n) is 6.69. The molecule has 0 radical (unpaired) electrons. The fourth-order valence-corrected chi connectivity index (χ4v) is 2.34. The van der Waals surface area contributed by atoms with Crippen LogP contribution < -0.4 is 0 Å². The first-order valence-corrected chi connectivity index (χ1v) is 6.69. The zero-order chi connectivity index (χ0) is 13.0. The van der Waals surface area contributed by atoms with E-state index in [1.54, 1.807) is 0 Å². The topological polar surface area (TPSA) is 32.7 Å². The first-order chi connectivity index (χ1) is 8.66. The summed E-state index contributed by atoms with van der Waals surface area (Å²) >= 11 is 0. The molecule has 3 heteroatoms. The van der Waals surface area contributed by atoms with Crippen molar-refractivity contribution in [3.8, 4) is 0 Å². The van der Waals surface area contributed by atoms with Gasteiger partial charge < -0.3 is 14.7 Å². The average molecular weight is 249 g/mol. The molecule has 1 aliphatic rings. The van der Waals surface area contributed by atoms with Gasteiger partial charge in [-0.05, 0) is 50.0 Å². The molecule has 2 rings (SSSR count). The number of hydrogen-bond acceptors (Lipinski definition) is 3. The lowest BCUT2D eigenvalue weighted by Crippen LogP contribution is -2.19. The maximum Gasteiger partial charge on any atom is 0.102 e. The van der Waals surface area contributed by atoms with Crippen LogP contribution in [0.5, 0.6) is 0 Å². The van der Waals surface area contributed by atoms with Gasteiger partial charge in [-0.15, -0.1) is 0 Å². The standard InChI is InChI=1S/C15H23NO2/c1-16(2)8-9-18-11-15(17)14-7-6-12-4-3-5-13(12)10-14/h6-7,10,15,17H,3-5,8-9,11H2,1-2H3. The van der Waals surface area contributed by atoms with Crippen molar-refractivity contribution in [3.05, 3.63) is 34.9 Å². The van der Waals surface area contributed by atoms with Crippen molar-refractivity contribution >= 4 is 0 Å². The molecule has 0 fully saturated rings. The van der Waals surface area contributed by atoms with Crippen LogP contribution in [0.1, 0.15) is 29.2 Å². The summed E-state index contributed by atoms with van der Waals surface area (Å²) in [5.74, 6) is 0. The van der Waals surface area contributed by atoms with Crippen LogP contribution in [0.15, 0.2) is 18.2 Å². The Labute approximate surface area is 109 Å². The van der Waals surface area contributed by atoms with Crippen molar-refractivity contribution in [2.75, 3.05) is 33.9 Å². The van der Waals surface area contributed by atoms with Crippen LogP contribution in [0.25, 0.3) is 0 Å². The second-order valence-electron chi connectivity index (χ2n) is 5.28. The molecule has 1 N–H and O–H groups in total. The average Bonchev–Trinajstić information content (AvgIpc) is 2.81. The van der Waals surface area contributed by atoms with E-state index in [0.29, 0.717) is 13.2 Å². The second kappa shape index (κ2) is 6.32. The molecule has 0 heterocycles. The highest BCUT2D eigenvalue weighted by Crippen LogP contribution is 2.25. The van der Waals surface area contributed by atoms with E-state index in [4.69, 9.17) is 4.74 Å². The van der Waals surface area contributed by atoms with Gasteiger partial charge in [0.1, 0.15) is 6.10 Å². The second-order valence-corrected chi connectivity index (χ2v) is 5.28.